The summed E-state index contributed by atoms with van der Waals surface area (Å²) >= 11 is 0. The van der Waals surface area contributed by atoms with Crippen molar-refractivity contribution in [2.24, 2.45) is 0 Å². The van der Waals surface area contributed by atoms with Gasteiger partial charge in [0, 0.05) is 12.1 Å². The Morgan fingerprint density at radius 1 is 1.21 bits per heavy atom. The van der Waals surface area contributed by atoms with Gasteiger partial charge in [0.15, 0.2) is 0 Å². The van der Waals surface area contributed by atoms with Crippen LogP contribution in [0, 0.1) is 11.3 Å². The summed E-state index contributed by atoms with van der Waals surface area (Å²) in [7, 11) is 0. The van der Waals surface area contributed by atoms with Gasteiger partial charge >= 0.3 is 0 Å². The topological polar surface area (TPSA) is 44.1 Å². The molecule has 0 fully saturated rings. The van der Waals surface area contributed by atoms with Gasteiger partial charge in [0.05, 0.1) is 6.07 Å². The highest BCUT2D eigenvalue weighted by molar-refractivity contribution is 5.98. The largest absolute Gasteiger partial charge is 0.325 e. The van der Waals surface area contributed by atoms with Crippen LogP contribution in [0.2, 0.25) is 0 Å². The summed E-state index contributed by atoms with van der Waals surface area (Å²) in [5.41, 5.74) is 0.641. The number of carbonyl (C=O) groups excluding carboxylic acids is 1. The highest BCUT2D eigenvalue weighted by Gasteiger charge is 2.14. The molecule has 0 aromatic heterocycles. The Bertz CT molecular complexity index is 628. The van der Waals surface area contributed by atoms with Gasteiger partial charge in [-0.25, -0.2) is 0 Å². The molecule has 0 saturated heterocycles. The fourth-order valence-corrected chi connectivity index (χ4v) is 2.11. The predicted molar refractivity (Wildman–Crippen MR) is 75.8 cm³/mol. The van der Waals surface area contributed by atoms with Gasteiger partial charge in [0.1, 0.15) is 6.54 Å². The molecule has 0 heterocycles. The molecule has 0 bridgehead atoms. The van der Waals surface area contributed by atoms with Crippen LogP contribution in [0.4, 0.5) is 0 Å². The third-order valence-corrected chi connectivity index (χ3v) is 3.04. The maximum atomic E-state index is 12.3. The summed E-state index contributed by atoms with van der Waals surface area (Å²) in [6.45, 7) is 2.75. The Balaban J connectivity index is 2.32. The van der Waals surface area contributed by atoms with E-state index in [-0.39, 0.29) is 12.5 Å². The Labute approximate surface area is 113 Å². The number of rotatable bonds is 4. The summed E-state index contributed by atoms with van der Waals surface area (Å²) in [6, 6.07) is 15.6. The highest BCUT2D eigenvalue weighted by atomic mass is 16.2. The Morgan fingerprint density at radius 3 is 2.63 bits per heavy atom. The van der Waals surface area contributed by atoms with Crippen LogP contribution < -0.4 is 0 Å². The predicted octanol–water partition coefficient (Wildman–Crippen LogP) is 3.22. The maximum absolute atomic E-state index is 12.3. The van der Waals surface area contributed by atoms with E-state index in [2.05, 4.69) is 0 Å². The third kappa shape index (κ3) is 2.92. The van der Waals surface area contributed by atoms with Gasteiger partial charge < -0.3 is 4.90 Å². The van der Waals surface area contributed by atoms with Crippen molar-refractivity contribution in [1.29, 1.82) is 5.26 Å². The number of amides is 1. The number of nitriles is 1. The van der Waals surface area contributed by atoms with Crippen molar-refractivity contribution >= 4 is 16.7 Å². The van der Waals surface area contributed by atoms with E-state index in [9.17, 15) is 4.79 Å². The van der Waals surface area contributed by atoms with E-state index < -0.39 is 0 Å². The minimum atomic E-state index is -0.0749. The Hall–Kier alpha value is -2.34. The normalized spacial score (nSPS) is 10.1. The second kappa shape index (κ2) is 6.01. The zero-order valence-corrected chi connectivity index (χ0v) is 11.0. The molecular weight excluding hydrogens is 236 g/mol. The molecule has 3 heteroatoms. The zero-order chi connectivity index (χ0) is 13.7. The van der Waals surface area contributed by atoms with Gasteiger partial charge in [-0.05, 0) is 29.3 Å². The average Bonchev–Trinajstić information content (AvgIpc) is 2.46. The number of benzene rings is 2. The van der Waals surface area contributed by atoms with E-state index in [4.69, 9.17) is 5.26 Å². The number of hydrogen-bond donors (Lipinski definition) is 0. The van der Waals surface area contributed by atoms with Crippen LogP contribution in [0.1, 0.15) is 23.7 Å². The molecular formula is C16H16N2O. The number of fused-ring (bicyclic) bond motifs is 1. The number of hydrogen-bond acceptors (Lipinski definition) is 2. The molecule has 0 spiro atoms. The minimum absolute atomic E-state index is 0.0749. The van der Waals surface area contributed by atoms with Crippen molar-refractivity contribution in [2.75, 3.05) is 13.1 Å². The molecule has 0 unspecified atom stereocenters. The lowest BCUT2D eigenvalue weighted by molar-refractivity contribution is 0.0776. The Morgan fingerprint density at radius 2 is 1.95 bits per heavy atom. The van der Waals surface area contributed by atoms with Gasteiger partial charge in [0.25, 0.3) is 5.91 Å². The van der Waals surface area contributed by atoms with Crippen molar-refractivity contribution in [3.63, 3.8) is 0 Å². The molecule has 3 nitrogen and oxygen atoms in total. The van der Waals surface area contributed by atoms with Crippen molar-refractivity contribution in [3.8, 4) is 6.07 Å². The molecule has 96 valence electrons. The summed E-state index contributed by atoms with van der Waals surface area (Å²) in [4.78, 5) is 13.9. The van der Waals surface area contributed by atoms with E-state index in [1.807, 2.05) is 55.5 Å². The van der Waals surface area contributed by atoms with Crippen LogP contribution in [0.3, 0.4) is 0 Å². The van der Waals surface area contributed by atoms with E-state index in [1.165, 1.54) is 0 Å². The molecule has 0 aliphatic carbocycles. The smallest absolute Gasteiger partial charge is 0.254 e. The lowest BCUT2D eigenvalue weighted by Crippen LogP contribution is -2.32. The molecule has 0 atom stereocenters. The molecule has 0 N–H and O–H groups in total. The van der Waals surface area contributed by atoms with Crippen molar-refractivity contribution < 1.29 is 4.79 Å². The van der Waals surface area contributed by atoms with E-state index in [0.717, 1.165) is 17.2 Å². The van der Waals surface area contributed by atoms with Gasteiger partial charge in [-0.15, -0.1) is 0 Å². The van der Waals surface area contributed by atoms with Crippen LogP contribution in [0.15, 0.2) is 42.5 Å². The third-order valence-electron chi connectivity index (χ3n) is 3.04. The molecule has 2 aromatic rings. The fraction of sp³-hybridized carbons (Fsp3) is 0.250. The standard InChI is InChI=1S/C16H16N2O/c1-2-10-18(11-9-17)16(19)15-8-7-13-5-3-4-6-14(13)12-15/h3-8,12H,2,10-11H2,1H3. The van der Waals surface area contributed by atoms with Crippen molar-refractivity contribution in [2.45, 2.75) is 13.3 Å². The SMILES string of the molecule is CCCN(CC#N)C(=O)c1ccc2ccccc2c1. The van der Waals surface area contributed by atoms with Crippen LogP contribution >= 0.6 is 0 Å². The van der Waals surface area contributed by atoms with Crippen LogP contribution in [0.5, 0.6) is 0 Å². The van der Waals surface area contributed by atoms with E-state index in [0.29, 0.717) is 12.1 Å². The first-order valence-electron chi connectivity index (χ1n) is 6.41. The quantitative estimate of drug-likeness (QED) is 0.784. The molecule has 2 aromatic carbocycles. The first-order valence-corrected chi connectivity index (χ1v) is 6.41. The van der Waals surface area contributed by atoms with Crippen LogP contribution in [-0.2, 0) is 0 Å². The number of nitrogens with zero attached hydrogens (tertiary/aromatic N) is 2. The lowest BCUT2D eigenvalue weighted by atomic mass is 10.1. The molecule has 2 rings (SSSR count). The minimum Gasteiger partial charge on any atom is -0.325 e. The molecule has 0 radical (unpaired) electrons. The maximum Gasteiger partial charge on any atom is 0.254 e. The van der Waals surface area contributed by atoms with Crippen LogP contribution in [0.25, 0.3) is 10.8 Å². The summed E-state index contributed by atoms with van der Waals surface area (Å²) in [5.74, 6) is -0.0749. The van der Waals surface area contributed by atoms with Crippen molar-refractivity contribution in [3.05, 3.63) is 48.0 Å². The summed E-state index contributed by atoms with van der Waals surface area (Å²) in [5, 5.41) is 10.9. The number of carbonyl (C=O) groups is 1. The molecule has 1 amide bonds. The van der Waals surface area contributed by atoms with E-state index >= 15 is 0 Å². The molecule has 0 aliphatic heterocycles. The lowest BCUT2D eigenvalue weighted by Gasteiger charge is -2.18. The van der Waals surface area contributed by atoms with Gasteiger partial charge in [0.2, 0.25) is 0 Å². The highest BCUT2D eigenvalue weighted by Crippen LogP contribution is 2.17. The van der Waals surface area contributed by atoms with Gasteiger partial charge in [-0.3, -0.25) is 4.79 Å². The second-order valence-electron chi connectivity index (χ2n) is 4.45. The first-order chi connectivity index (χ1) is 9.26. The van der Waals surface area contributed by atoms with E-state index in [1.54, 1.807) is 4.90 Å². The molecule has 0 aliphatic rings. The summed E-state index contributed by atoms with van der Waals surface area (Å²) in [6.07, 6.45) is 0.848. The monoisotopic (exact) mass is 252 g/mol. The first kappa shape index (κ1) is 13.1. The molecule has 0 saturated carbocycles. The zero-order valence-electron chi connectivity index (χ0n) is 11.0. The Kier molecular flexibility index (Phi) is 4.15. The molecule has 19 heavy (non-hydrogen) atoms. The fourth-order valence-electron chi connectivity index (χ4n) is 2.11. The van der Waals surface area contributed by atoms with Gasteiger partial charge in [-0.2, -0.15) is 5.26 Å². The van der Waals surface area contributed by atoms with Gasteiger partial charge in [-0.1, -0.05) is 37.3 Å². The average molecular weight is 252 g/mol. The van der Waals surface area contributed by atoms with Crippen molar-refractivity contribution in [1.82, 2.24) is 4.90 Å². The second-order valence-corrected chi connectivity index (χ2v) is 4.45. The van der Waals surface area contributed by atoms with Crippen LogP contribution in [-0.4, -0.2) is 23.9 Å². The summed E-state index contributed by atoms with van der Waals surface area (Å²) < 4.78 is 0.